The highest BCUT2D eigenvalue weighted by Gasteiger charge is 2.46. The number of hydrogen-bond donors (Lipinski definition) is 0. The summed E-state index contributed by atoms with van der Waals surface area (Å²) in [5.74, 6) is 2.79. The maximum atomic E-state index is 10.8. The van der Waals surface area contributed by atoms with Gasteiger partial charge < -0.3 is 0 Å². The van der Waals surface area contributed by atoms with Crippen LogP contribution < -0.4 is 0 Å². The molecule has 50 valence electrons. The molecular weight excluding hydrogens is 112 g/mol. The first-order valence-electron chi connectivity index (χ1n) is 3.78. The van der Waals surface area contributed by atoms with E-state index in [4.69, 9.17) is 0 Å². The van der Waals surface area contributed by atoms with E-state index in [9.17, 15) is 4.79 Å². The van der Waals surface area contributed by atoms with E-state index in [1.165, 1.54) is 19.3 Å². The van der Waals surface area contributed by atoms with Crippen LogP contribution in [0.3, 0.4) is 0 Å². The van der Waals surface area contributed by atoms with Crippen LogP contribution in [-0.2, 0) is 4.79 Å². The molecule has 0 aromatic carbocycles. The maximum absolute atomic E-state index is 10.8. The first-order valence-corrected chi connectivity index (χ1v) is 3.78. The predicted octanol–water partition coefficient (Wildman–Crippen LogP) is 1.62. The van der Waals surface area contributed by atoms with E-state index in [0.29, 0.717) is 11.7 Å². The van der Waals surface area contributed by atoms with E-state index in [2.05, 4.69) is 0 Å². The molecule has 2 fully saturated rings. The van der Waals surface area contributed by atoms with Crippen molar-refractivity contribution in [1.82, 2.24) is 0 Å². The Morgan fingerprint density at radius 2 is 1.78 bits per heavy atom. The Kier molecular flexibility index (Phi) is 0.961. The standard InChI is InChI=1S/C8H12O/c1-5(9)6-2-7-4-8(7)3-6/h6-8H,2-4H2,1H3. The molecule has 0 aliphatic heterocycles. The number of carbonyl (C=O) groups excluding carboxylic acids is 1. The van der Waals surface area contributed by atoms with Crippen LogP contribution in [0.2, 0.25) is 0 Å². The number of hydrogen-bond acceptors (Lipinski definition) is 1. The maximum Gasteiger partial charge on any atom is 0.132 e. The van der Waals surface area contributed by atoms with E-state index in [-0.39, 0.29) is 0 Å². The molecular formula is C8H12O. The second kappa shape index (κ2) is 1.59. The van der Waals surface area contributed by atoms with Crippen LogP contribution in [0.4, 0.5) is 0 Å². The molecule has 2 saturated carbocycles. The molecule has 2 rings (SSSR count). The third kappa shape index (κ3) is 0.790. The normalized spacial score (nSPS) is 46.6. The lowest BCUT2D eigenvalue weighted by molar-refractivity contribution is -0.120. The van der Waals surface area contributed by atoms with Crippen molar-refractivity contribution in [2.75, 3.05) is 0 Å². The molecule has 0 aromatic rings. The van der Waals surface area contributed by atoms with Gasteiger partial charge in [-0.25, -0.2) is 0 Å². The van der Waals surface area contributed by atoms with Gasteiger partial charge in [0.05, 0.1) is 0 Å². The SMILES string of the molecule is CC(=O)C1CC2CC2C1. The lowest BCUT2D eigenvalue weighted by Gasteiger charge is -2.04. The third-order valence-corrected chi connectivity index (χ3v) is 2.82. The highest BCUT2D eigenvalue weighted by molar-refractivity contribution is 5.78. The van der Waals surface area contributed by atoms with Crippen LogP contribution in [0, 0.1) is 17.8 Å². The highest BCUT2D eigenvalue weighted by Crippen LogP contribution is 2.54. The van der Waals surface area contributed by atoms with Gasteiger partial charge in [0, 0.05) is 5.92 Å². The Morgan fingerprint density at radius 1 is 1.22 bits per heavy atom. The molecule has 2 unspecified atom stereocenters. The van der Waals surface area contributed by atoms with Crippen molar-refractivity contribution in [2.24, 2.45) is 17.8 Å². The molecule has 0 radical (unpaired) electrons. The van der Waals surface area contributed by atoms with Gasteiger partial charge in [0.2, 0.25) is 0 Å². The largest absolute Gasteiger partial charge is 0.300 e. The van der Waals surface area contributed by atoms with Gasteiger partial charge in [-0.15, -0.1) is 0 Å². The Balaban J connectivity index is 1.97. The molecule has 0 aromatic heterocycles. The van der Waals surface area contributed by atoms with E-state index < -0.39 is 0 Å². The molecule has 0 bridgehead atoms. The minimum absolute atomic E-state index is 0.419. The minimum Gasteiger partial charge on any atom is -0.300 e. The van der Waals surface area contributed by atoms with Gasteiger partial charge in [-0.1, -0.05) is 0 Å². The van der Waals surface area contributed by atoms with E-state index >= 15 is 0 Å². The second-order valence-corrected chi connectivity index (χ2v) is 3.53. The molecule has 9 heavy (non-hydrogen) atoms. The van der Waals surface area contributed by atoms with E-state index in [0.717, 1.165) is 11.8 Å². The summed E-state index contributed by atoms with van der Waals surface area (Å²) < 4.78 is 0. The van der Waals surface area contributed by atoms with Gasteiger partial charge >= 0.3 is 0 Å². The fourth-order valence-electron chi connectivity index (χ4n) is 2.05. The molecule has 0 amide bonds. The van der Waals surface area contributed by atoms with Crippen molar-refractivity contribution in [3.05, 3.63) is 0 Å². The summed E-state index contributed by atoms with van der Waals surface area (Å²) in [6.45, 7) is 1.73. The van der Waals surface area contributed by atoms with Crippen molar-refractivity contribution in [3.8, 4) is 0 Å². The Morgan fingerprint density at radius 3 is 2.11 bits per heavy atom. The summed E-state index contributed by atoms with van der Waals surface area (Å²) in [6.07, 6.45) is 3.84. The first-order chi connectivity index (χ1) is 4.27. The topological polar surface area (TPSA) is 17.1 Å². The highest BCUT2D eigenvalue weighted by atomic mass is 16.1. The van der Waals surface area contributed by atoms with Crippen LogP contribution in [0.5, 0.6) is 0 Å². The van der Waals surface area contributed by atoms with Crippen LogP contribution in [0.15, 0.2) is 0 Å². The van der Waals surface area contributed by atoms with Gasteiger partial charge in [0.25, 0.3) is 0 Å². The van der Waals surface area contributed by atoms with Crippen molar-refractivity contribution >= 4 is 5.78 Å². The van der Waals surface area contributed by atoms with Crippen LogP contribution in [0.1, 0.15) is 26.2 Å². The van der Waals surface area contributed by atoms with E-state index in [1.54, 1.807) is 6.92 Å². The molecule has 0 heterocycles. The molecule has 0 saturated heterocycles. The summed E-state index contributed by atoms with van der Waals surface area (Å²) in [4.78, 5) is 10.8. The number of rotatable bonds is 1. The van der Waals surface area contributed by atoms with Crippen LogP contribution in [-0.4, -0.2) is 5.78 Å². The Labute approximate surface area is 55.4 Å². The van der Waals surface area contributed by atoms with Crippen LogP contribution >= 0.6 is 0 Å². The van der Waals surface area contributed by atoms with Crippen molar-refractivity contribution in [2.45, 2.75) is 26.2 Å². The second-order valence-electron chi connectivity index (χ2n) is 3.53. The fourth-order valence-corrected chi connectivity index (χ4v) is 2.05. The molecule has 0 spiro atoms. The molecule has 1 heteroatoms. The Bertz CT molecular complexity index is 141. The Hall–Kier alpha value is -0.330. The van der Waals surface area contributed by atoms with Gasteiger partial charge in [-0.3, -0.25) is 4.79 Å². The van der Waals surface area contributed by atoms with Crippen molar-refractivity contribution in [1.29, 1.82) is 0 Å². The molecule has 2 atom stereocenters. The average Bonchev–Trinajstić information content (AvgIpc) is 2.40. The van der Waals surface area contributed by atoms with Gasteiger partial charge in [0.1, 0.15) is 5.78 Å². The first kappa shape index (κ1) is 5.45. The quantitative estimate of drug-likeness (QED) is 0.519. The third-order valence-electron chi connectivity index (χ3n) is 2.82. The smallest absolute Gasteiger partial charge is 0.132 e. The van der Waals surface area contributed by atoms with Crippen molar-refractivity contribution < 1.29 is 4.79 Å². The zero-order valence-electron chi connectivity index (χ0n) is 5.76. The minimum atomic E-state index is 0.419. The molecule has 0 N–H and O–H groups in total. The van der Waals surface area contributed by atoms with Gasteiger partial charge in [-0.2, -0.15) is 0 Å². The zero-order chi connectivity index (χ0) is 6.43. The summed E-state index contributed by atoms with van der Waals surface area (Å²) in [5.41, 5.74) is 0. The molecule has 2 aliphatic rings. The molecule has 2 aliphatic carbocycles. The number of fused-ring (bicyclic) bond motifs is 1. The van der Waals surface area contributed by atoms with Crippen LogP contribution in [0.25, 0.3) is 0 Å². The van der Waals surface area contributed by atoms with Crippen molar-refractivity contribution in [3.63, 3.8) is 0 Å². The van der Waals surface area contributed by atoms with Gasteiger partial charge in [-0.05, 0) is 38.0 Å². The summed E-state index contributed by atoms with van der Waals surface area (Å²) >= 11 is 0. The number of carbonyl (C=O) groups is 1. The lowest BCUT2D eigenvalue weighted by atomic mass is 10.00. The number of Topliss-reactive ketones (excluding diaryl/α,β-unsaturated/α-hetero) is 1. The summed E-state index contributed by atoms with van der Waals surface area (Å²) in [5, 5.41) is 0. The predicted molar refractivity (Wildman–Crippen MR) is 35.0 cm³/mol. The summed E-state index contributed by atoms with van der Waals surface area (Å²) in [7, 11) is 0. The number of ketones is 1. The monoisotopic (exact) mass is 124 g/mol. The van der Waals surface area contributed by atoms with Gasteiger partial charge in [0.15, 0.2) is 0 Å². The molecule has 1 nitrogen and oxygen atoms in total. The summed E-state index contributed by atoms with van der Waals surface area (Å²) in [6, 6.07) is 0. The fraction of sp³-hybridized carbons (Fsp3) is 0.875. The lowest BCUT2D eigenvalue weighted by Crippen LogP contribution is -2.07. The van der Waals surface area contributed by atoms with E-state index in [1.807, 2.05) is 0 Å². The zero-order valence-corrected chi connectivity index (χ0v) is 5.76. The average molecular weight is 124 g/mol.